The molecule has 0 amide bonds. The minimum absolute atomic E-state index is 0.0273. The first-order valence-electron chi connectivity index (χ1n) is 10.7. The van der Waals surface area contributed by atoms with E-state index in [4.69, 9.17) is 4.74 Å². The molecule has 0 aliphatic rings. The van der Waals surface area contributed by atoms with Crippen molar-refractivity contribution in [2.75, 3.05) is 0 Å². The Morgan fingerprint density at radius 2 is 1.39 bits per heavy atom. The number of halogens is 1. The Hall–Kier alpha value is -3.67. The Kier molecular flexibility index (Phi) is 7.16. The monoisotopic (exact) mass is 448 g/mol. The van der Waals surface area contributed by atoms with Crippen LogP contribution in [0.4, 0.5) is 4.39 Å². The van der Waals surface area contributed by atoms with E-state index in [1.54, 1.807) is 6.07 Å². The zero-order valence-electron chi connectivity index (χ0n) is 19.0. The van der Waals surface area contributed by atoms with Crippen LogP contribution in [0.1, 0.15) is 76.9 Å². The Labute approximate surface area is 192 Å². The average Bonchev–Trinajstić information content (AvgIpc) is 2.76. The van der Waals surface area contributed by atoms with Crippen molar-refractivity contribution < 1.29 is 28.9 Å². The Morgan fingerprint density at radius 1 is 0.848 bits per heavy atom. The van der Waals surface area contributed by atoms with Gasteiger partial charge < -0.3 is 24.5 Å². The largest absolute Gasteiger partial charge is 0.545 e. The predicted octanol–water partition coefficient (Wildman–Crippen LogP) is 4.05. The highest BCUT2D eigenvalue weighted by atomic mass is 19.1. The van der Waals surface area contributed by atoms with Gasteiger partial charge in [0.1, 0.15) is 18.2 Å². The van der Waals surface area contributed by atoms with Gasteiger partial charge in [-0.25, -0.2) is 4.39 Å². The summed E-state index contributed by atoms with van der Waals surface area (Å²) in [6, 6.07) is 14.3. The fourth-order valence-corrected chi connectivity index (χ4v) is 3.90. The number of carbonyl (C=O) groups excluding carboxylic acids is 2. The Balaban J connectivity index is 2.35. The van der Waals surface area contributed by atoms with Gasteiger partial charge in [0.2, 0.25) is 0 Å². The molecule has 0 saturated heterocycles. The van der Waals surface area contributed by atoms with E-state index in [1.165, 1.54) is 6.07 Å². The first-order valence-corrected chi connectivity index (χ1v) is 10.7. The van der Waals surface area contributed by atoms with Crippen molar-refractivity contribution in [3.05, 3.63) is 88.2 Å². The number of hydrogen-bond acceptors (Lipinski definition) is 5. The number of ether oxygens (including phenoxy) is 1. The SMILES string of the molecule is CC(C)c1cc(C(C)C)c(C(=O)[O-])c(-c2ccc(F)cc2OCc2ccccc2)c1C(=O)[O-]. The van der Waals surface area contributed by atoms with Crippen molar-refractivity contribution in [1.82, 2.24) is 0 Å². The summed E-state index contributed by atoms with van der Waals surface area (Å²) in [6.07, 6.45) is 0. The van der Waals surface area contributed by atoms with Crippen molar-refractivity contribution in [2.45, 2.75) is 46.1 Å². The van der Waals surface area contributed by atoms with Gasteiger partial charge in [-0.05, 0) is 40.7 Å². The van der Waals surface area contributed by atoms with Crippen LogP contribution >= 0.6 is 0 Å². The lowest BCUT2D eigenvalue weighted by Crippen LogP contribution is -2.30. The van der Waals surface area contributed by atoms with Gasteiger partial charge in [-0.2, -0.15) is 0 Å². The van der Waals surface area contributed by atoms with Crippen molar-refractivity contribution in [1.29, 1.82) is 0 Å². The number of hydrogen-bond donors (Lipinski definition) is 0. The highest BCUT2D eigenvalue weighted by Gasteiger charge is 2.25. The molecule has 3 aromatic rings. The fourth-order valence-electron chi connectivity index (χ4n) is 3.90. The van der Waals surface area contributed by atoms with Crippen LogP contribution in [0.2, 0.25) is 0 Å². The van der Waals surface area contributed by atoms with Gasteiger partial charge >= 0.3 is 0 Å². The van der Waals surface area contributed by atoms with Crippen molar-refractivity contribution in [3.8, 4) is 16.9 Å². The van der Waals surface area contributed by atoms with Gasteiger partial charge in [-0.15, -0.1) is 0 Å². The smallest absolute Gasteiger partial charge is 0.130 e. The van der Waals surface area contributed by atoms with Gasteiger partial charge in [0.15, 0.2) is 0 Å². The van der Waals surface area contributed by atoms with Crippen LogP contribution in [0.3, 0.4) is 0 Å². The van der Waals surface area contributed by atoms with Gasteiger partial charge in [0, 0.05) is 28.3 Å². The van der Waals surface area contributed by atoms with E-state index in [0.717, 1.165) is 17.7 Å². The molecule has 0 heterocycles. The average molecular weight is 448 g/mol. The van der Waals surface area contributed by atoms with E-state index in [1.807, 2.05) is 58.0 Å². The topological polar surface area (TPSA) is 89.5 Å². The molecule has 33 heavy (non-hydrogen) atoms. The number of carboxylic acid groups (broad SMARTS) is 2. The minimum Gasteiger partial charge on any atom is -0.545 e. The molecule has 0 radical (unpaired) electrons. The van der Waals surface area contributed by atoms with Crippen LogP contribution in [0, 0.1) is 5.82 Å². The van der Waals surface area contributed by atoms with E-state index < -0.39 is 17.8 Å². The van der Waals surface area contributed by atoms with Crippen LogP contribution in [0.15, 0.2) is 54.6 Å². The van der Waals surface area contributed by atoms with E-state index in [9.17, 15) is 24.2 Å². The van der Waals surface area contributed by atoms with Gasteiger partial charge in [0.25, 0.3) is 0 Å². The molecule has 0 N–H and O–H groups in total. The molecule has 0 bridgehead atoms. The third kappa shape index (κ3) is 5.06. The maximum atomic E-state index is 14.2. The summed E-state index contributed by atoms with van der Waals surface area (Å²) in [4.78, 5) is 24.6. The van der Waals surface area contributed by atoms with Crippen LogP contribution in [0.25, 0.3) is 11.1 Å². The third-order valence-corrected chi connectivity index (χ3v) is 5.49. The summed E-state index contributed by atoms with van der Waals surface area (Å²) in [7, 11) is 0. The normalized spacial score (nSPS) is 11.1. The number of rotatable bonds is 8. The highest BCUT2D eigenvalue weighted by molar-refractivity contribution is 6.07. The van der Waals surface area contributed by atoms with Crippen molar-refractivity contribution in [3.63, 3.8) is 0 Å². The molecule has 0 aromatic heterocycles. The summed E-state index contributed by atoms with van der Waals surface area (Å²) < 4.78 is 20.0. The molecule has 3 aromatic carbocycles. The van der Waals surface area contributed by atoms with Gasteiger partial charge in [-0.1, -0.05) is 64.1 Å². The molecule has 5 nitrogen and oxygen atoms in total. The number of carbonyl (C=O) groups is 2. The van der Waals surface area contributed by atoms with Crippen LogP contribution in [-0.4, -0.2) is 11.9 Å². The molecule has 0 fully saturated rings. The van der Waals surface area contributed by atoms with E-state index >= 15 is 0 Å². The molecule has 3 rings (SSSR count). The molecule has 0 saturated carbocycles. The molecular weight excluding hydrogens is 423 g/mol. The molecule has 0 spiro atoms. The lowest BCUT2D eigenvalue weighted by Gasteiger charge is -2.27. The molecule has 172 valence electrons. The molecule has 0 atom stereocenters. The van der Waals surface area contributed by atoms with E-state index in [0.29, 0.717) is 11.1 Å². The number of carboxylic acids is 2. The van der Waals surface area contributed by atoms with Crippen molar-refractivity contribution in [2.24, 2.45) is 0 Å². The fraction of sp³-hybridized carbons (Fsp3) is 0.259. The molecule has 0 aliphatic heterocycles. The minimum atomic E-state index is -1.52. The van der Waals surface area contributed by atoms with Crippen molar-refractivity contribution >= 4 is 11.9 Å². The Morgan fingerprint density at radius 3 is 1.88 bits per heavy atom. The lowest BCUT2D eigenvalue weighted by molar-refractivity contribution is -0.255. The summed E-state index contributed by atoms with van der Waals surface area (Å²) >= 11 is 0. The molecular formula is C27H25FO5-2. The summed E-state index contributed by atoms with van der Waals surface area (Å²) in [5.74, 6) is -4.09. The lowest BCUT2D eigenvalue weighted by atomic mass is 9.81. The molecule has 6 heteroatoms. The number of aromatic carboxylic acids is 2. The van der Waals surface area contributed by atoms with E-state index in [-0.39, 0.29) is 46.4 Å². The van der Waals surface area contributed by atoms with Gasteiger partial charge in [-0.3, -0.25) is 0 Å². The second-order valence-electron chi connectivity index (χ2n) is 8.48. The van der Waals surface area contributed by atoms with Crippen LogP contribution in [-0.2, 0) is 6.61 Å². The Bertz CT molecular complexity index is 1140. The maximum Gasteiger partial charge on any atom is 0.130 e. The van der Waals surface area contributed by atoms with Crippen LogP contribution in [0.5, 0.6) is 5.75 Å². The quantitative estimate of drug-likeness (QED) is 0.519. The van der Waals surface area contributed by atoms with E-state index in [2.05, 4.69) is 0 Å². The number of benzene rings is 3. The predicted molar refractivity (Wildman–Crippen MR) is 119 cm³/mol. The first-order chi connectivity index (χ1) is 15.6. The second-order valence-corrected chi connectivity index (χ2v) is 8.48. The standard InChI is InChI=1S/C27H27FO5/c1-15(2)20-13-21(16(3)4)25(27(31)32)23(24(20)26(29)30)19-11-10-18(28)12-22(19)33-14-17-8-6-5-7-9-17/h5-13,15-16H,14H2,1-4H3,(H,29,30)(H,31,32)/p-2. The molecule has 0 aliphatic carbocycles. The zero-order valence-corrected chi connectivity index (χ0v) is 19.0. The summed E-state index contributed by atoms with van der Waals surface area (Å²) in [5.41, 5.74) is 1.21. The second kappa shape index (κ2) is 9.86. The summed E-state index contributed by atoms with van der Waals surface area (Å²) in [5, 5.41) is 24.6. The molecule has 0 unspecified atom stereocenters. The zero-order chi connectivity index (χ0) is 24.3. The van der Waals surface area contributed by atoms with Gasteiger partial charge in [0.05, 0.1) is 11.9 Å². The first kappa shape index (κ1) is 24.0. The highest BCUT2D eigenvalue weighted by Crippen LogP contribution is 2.42. The maximum absolute atomic E-state index is 14.2. The van der Waals surface area contributed by atoms with Crippen LogP contribution < -0.4 is 14.9 Å². The third-order valence-electron chi connectivity index (χ3n) is 5.49. The summed E-state index contributed by atoms with van der Waals surface area (Å²) in [6.45, 7) is 7.33.